The second kappa shape index (κ2) is 6.82. The molecule has 0 saturated carbocycles. The summed E-state index contributed by atoms with van der Waals surface area (Å²) in [5.41, 5.74) is 9.39. The van der Waals surface area contributed by atoms with Gasteiger partial charge < -0.3 is 10.3 Å². The smallest absolute Gasteiger partial charge is 0.146 e. The first-order valence-corrected chi connectivity index (χ1v) is 8.11. The van der Waals surface area contributed by atoms with Gasteiger partial charge in [-0.1, -0.05) is 44.2 Å². The van der Waals surface area contributed by atoms with Crippen LogP contribution in [0.25, 0.3) is 11.0 Å². The Morgan fingerprint density at radius 1 is 1.04 bits per heavy atom. The number of hydrogen-bond acceptors (Lipinski definition) is 3. The van der Waals surface area contributed by atoms with Crippen LogP contribution in [0.3, 0.4) is 0 Å². The van der Waals surface area contributed by atoms with Crippen molar-refractivity contribution in [1.29, 1.82) is 0 Å². The van der Waals surface area contributed by atoms with Crippen molar-refractivity contribution in [3.63, 3.8) is 0 Å². The van der Waals surface area contributed by atoms with Gasteiger partial charge in [-0.25, -0.2) is 9.97 Å². The van der Waals surface area contributed by atoms with E-state index in [-0.39, 0.29) is 5.54 Å². The summed E-state index contributed by atoms with van der Waals surface area (Å²) >= 11 is 0. The molecule has 0 bridgehead atoms. The maximum atomic E-state index is 6.10. The number of nitrogens with two attached hydrogens (primary N) is 1. The predicted octanol–water partition coefficient (Wildman–Crippen LogP) is 4.39. The summed E-state index contributed by atoms with van der Waals surface area (Å²) in [6.45, 7) is 10.5. The Bertz CT molecular complexity index is 767. The summed E-state index contributed by atoms with van der Waals surface area (Å²) in [5.74, 6) is 0.550. The van der Waals surface area contributed by atoms with Gasteiger partial charge in [0.25, 0.3) is 0 Å². The van der Waals surface area contributed by atoms with Crippen molar-refractivity contribution in [2.24, 2.45) is 0 Å². The van der Waals surface area contributed by atoms with E-state index in [0.29, 0.717) is 5.82 Å². The second-order valence-corrected chi connectivity index (χ2v) is 6.32. The van der Waals surface area contributed by atoms with E-state index in [9.17, 15) is 0 Å². The molecule has 4 heteroatoms. The number of hydrogen-bond donors (Lipinski definition) is 1. The van der Waals surface area contributed by atoms with E-state index in [1.807, 2.05) is 19.9 Å². The zero-order valence-electron chi connectivity index (χ0n) is 14.7. The van der Waals surface area contributed by atoms with Crippen LogP contribution >= 0.6 is 0 Å². The largest absolute Gasteiger partial charge is 0.383 e. The molecule has 122 valence electrons. The van der Waals surface area contributed by atoms with Crippen LogP contribution in [-0.2, 0) is 12.0 Å². The van der Waals surface area contributed by atoms with Gasteiger partial charge in [-0.15, -0.1) is 0 Å². The highest BCUT2D eigenvalue weighted by Crippen LogP contribution is 2.30. The topological polar surface area (TPSA) is 56.7 Å². The van der Waals surface area contributed by atoms with Crippen LogP contribution in [0.2, 0.25) is 0 Å². The molecule has 0 atom stereocenters. The van der Waals surface area contributed by atoms with Gasteiger partial charge >= 0.3 is 0 Å². The summed E-state index contributed by atoms with van der Waals surface area (Å²) in [7, 11) is 0. The van der Waals surface area contributed by atoms with E-state index < -0.39 is 0 Å². The van der Waals surface area contributed by atoms with Crippen molar-refractivity contribution >= 4 is 16.9 Å². The van der Waals surface area contributed by atoms with E-state index in [1.54, 1.807) is 0 Å². The number of aromatic nitrogens is 3. The van der Waals surface area contributed by atoms with Crippen molar-refractivity contribution < 1.29 is 0 Å². The minimum absolute atomic E-state index is 0.0476. The summed E-state index contributed by atoms with van der Waals surface area (Å²) in [4.78, 5) is 8.60. The van der Waals surface area contributed by atoms with E-state index in [1.165, 1.54) is 17.5 Å². The lowest BCUT2D eigenvalue weighted by Gasteiger charge is -2.21. The summed E-state index contributed by atoms with van der Waals surface area (Å²) in [6, 6.07) is 10.4. The number of rotatable bonds is 2. The van der Waals surface area contributed by atoms with E-state index in [2.05, 4.69) is 65.8 Å². The Labute approximate surface area is 138 Å². The lowest BCUT2D eigenvalue weighted by atomic mass is 10.1. The van der Waals surface area contributed by atoms with Gasteiger partial charge in [-0.3, -0.25) is 0 Å². The first-order valence-electron chi connectivity index (χ1n) is 8.11. The molecule has 0 aliphatic rings. The van der Waals surface area contributed by atoms with E-state index >= 15 is 0 Å². The second-order valence-electron chi connectivity index (χ2n) is 6.32. The summed E-state index contributed by atoms with van der Waals surface area (Å²) < 4.78 is 2.18. The third-order valence-electron chi connectivity index (χ3n) is 3.65. The SMILES string of the molecule is CC.CC(C)(C)n1cc(Cc2ccccc2)c2c(N)ncnc21. The zero-order valence-corrected chi connectivity index (χ0v) is 14.7. The van der Waals surface area contributed by atoms with Crippen LogP contribution in [-0.4, -0.2) is 14.5 Å². The van der Waals surface area contributed by atoms with Gasteiger partial charge in [0.2, 0.25) is 0 Å². The molecule has 23 heavy (non-hydrogen) atoms. The molecule has 0 fully saturated rings. The molecule has 3 aromatic rings. The third-order valence-corrected chi connectivity index (χ3v) is 3.65. The number of nitrogen functional groups attached to an aromatic ring is 1. The molecule has 1 aromatic carbocycles. The van der Waals surface area contributed by atoms with Gasteiger partial charge in [-0.05, 0) is 38.3 Å². The molecule has 0 amide bonds. The van der Waals surface area contributed by atoms with Gasteiger partial charge in [0.15, 0.2) is 0 Å². The first-order chi connectivity index (χ1) is 11.0. The Kier molecular flexibility index (Phi) is 5.04. The van der Waals surface area contributed by atoms with Gasteiger partial charge in [0, 0.05) is 11.7 Å². The zero-order chi connectivity index (χ0) is 17.0. The Morgan fingerprint density at radius 2 is 1.70 bits per heavy atom. The third kappa shape index (κ3) is 3.52. The first kappa shape index (κ1) is 17.0. The molecule has 3 rings (SSSR count). The quantitative estimate of drug-likeness (QED) is 0.764. The fraction of sp³-hybridized carbons (Fsp3) is 0.368. The van der Waals surface area contributed by atoms with Crippen LogP contribution < -0.4 is 5.73 Å². The van der Waals surface area contributed by atoms with Crippen LogP contribution in [0.4, 0.5) is 5.82 Å². The number of anilines is 1. The molecule has 0 saturated heterocycles. The Morgan fingerprint density at radius 3 is 2.30 bits per heavy atom. The molecule has 0 aliphatic carbocycles. The predicted molar refractivity (Wildman–Crippen MR) is 97.5 cm³/mol. The standard InChI is InChI=1S/C17H20N4.C2H6/c1-17(2,3)21-10-13(9-12-7-5-4-6-8-12)14-15(18)19-11-20-16(14)21;1-2/h4-8,10-11H,9H2,1-3H3,(H2,18,19,20);1-2H3. The van der Waals surface area contributed by atoms with Crippen molar-refractivity contribution in [1.82, 2.24) is 14.5 Å². The molecule has 0 spiro atoms. The van der Waals surface area contributed by atoms with E-state index in [4.69, 9.17) is 5.73 Å². The molecule has 0 radical (unpaired) electrons. The van der Waals surface area contributed by atoms with Gasteiger partial charge in [0.1, 0.15) is 17.8 Å². The highest BCUT2D eigenvalue weighted by Gasteiger charge is 2.21. The molecule has 4 nitrogen and oxygen atoms in total. The van der Waals surface area contributed by atoms with Crippen molar-refractivity contribution in [2.75, 3.05) is 5.73 Å². The number of benzene rings is 1. The molecule has 2 heterocycles. The maximum absolute atomic E-state index is 6.10. The minimum atomic E-state index is -0.0476. The lowest BCUT2D eigenvalue weighted by Crippen LogP contribution is -2.21. The van der Waals surface area contributed by atoms with Gasteiger partial charge in [0.05, 0.1) is 5.39 Å². The molecular formula is C19H26N4. The number of fused-ring (bicyclic) bond motifs is 1. The molecule has 0 aliphatic heterocycles. The summed E-state index contributed by atoms with van der Waals surface area (Å²) in [5, 5.41) is 0.969. The average molecular weight is 310 g/mol. The summed E-state index contributed by atoms with van der Waals surface area (Å²) in [6.07, 6.45) is 4.52. The van der Waals surface area contributed by atoms with E-state index in [0.717, 1.165) is 17.5 Å². The Balaban J connectivity index is 0.000000924. The molecule has 0 unspecified atom stereocenters. The van der Waals surface area contributed by atoms with Crippen molar-refractivity contribution in [3.05, 3.63) is 54.0 Å². The normalized spacial score (nSPS) is 11.2. The minimum Gasteiger partial charge on any atom is -0.383 e. The fourth-order valence-electron chi connectivity index (χ4n) is 2.62. The average Bonchev–Trinajstić information content (AvgIpc) is 2.91. The van der Waals surface area contributed by atoms with Crippen molar-refractivity contribution in [2.45, 2.75) is 46.6 Å². The lowest BCUT2D eigenvalue weighted by molar-refractivity contribution is 0.408. The van der Waals surface area contributed by atoms with Crippen LogP contribution in [0.1, 0.15) is 45.7 Å². The molecular weight excluding hydrogens is 284 g/mol. The Hall–Kier alpha value is -2.36. The highest BCUT2D eigenvalue weighted by molar-refractivity contribution is 5.90. The van der Waals surface area contributed by atoms with Crippen molar-refractivity contribution in [3.8, 4) is 0 Å². The monoisotopic (exact) mass is 310 g/mol. The fourth-order valence-corrected chi connectivity index (χ4v) is 2.62. The maximum Gasteiger partial charge on any atom is 0.146 e. The molecule has 2 N–H and O–H groups in total. The molecule has 2 aromatic heterocycles. The number of nitrogens with zero attached hydrogens (tertiary/aromatic N) is 3. The van der Waals surface area contributed by atoms with Crippen LogP contribution in [0, 0.1) is 0 Å². The van der Waals surface area contributed by atoms with Gasteiger partial charge in [-0.2, -0.15) is 0 Å². The van der Waals surface area contributed by atoms with Crippen LogP contribution in [0.5, 0.6) is 0 Å². The van der Waals surface area contributed by atoms with Crippen LogP contribution in [0.15, 0.2) is 42.9 Å². The highest BCUT2D eigenvalue weighted by atomic mass is 15.1.